The number of aryl methyl sites for hydroxylation is 1. The summed E-state index contributed by atoms with van der Waals surface area (Å²) in [6.07, 6.45) is 0. The van der Waals surface area contributed by atoms with Gasteiger partial charge < -0.3 is 4.52 Å². The van der Waals surface area contributed by atoms with E-state index in [9.17, 15) is 12.8 Å². The fourth-order valence-corrected chi connectivity index (χ4v) is 4.69. The van der Waals surface area contributed by atoms with E-state index in [1.54, 1.807) is 6.07 Å². The molecule has 0 saturated carbocycles. The fourth-order valence-electron chi connectivity index (χ4n) is 2.00. The highest BCUT2D eigenvalue weighted by molar-refractivity contribution is 7.94. The zero-order valence-electron chi connectivity index (χ0n) is 12.6. The second-order valence-electron chi connectivity index (χ2n) is 5.07. The number of benzene rings is 1. The first-order valence-corrected chi connectivity index (χ1v) is 9.46. The maximum absolute atomic E-state index is 13.1. The van der Waals surface area contributed by atoms with E-state index in [1.165, 1.54) is 12.1 Å². The summed E-state index contributed by atoms with van der Waals surface area (Å²) in [7, 11) is -3.84. The van der Waals surface area contributed by atoms with E-state index in [0.29, 0.717) is 10.6 Å². The number of nitrogens with zero attached hydrogens (tertiary/aromatic N) is 1. The Balaban J connectivity index is 1.92. The lowest BCUT2D eigenvalue weighted by molar-refractivity contribution is 0.427. The molecule has 0 unspecified atom stereocenters. The third-order valence-electron chi connectivity index (χ3n) is 3.40. The summed E-state index contributed by atoms with van der Waals surface area (Å²) in [4.78, 5) is 0.652. The molecule has 5 nitrogen and oxygen atoms in total. The molecule has 0 spiro atoms. The quantitative estimate of drug-likeness (QED) is 0.710. The van der Waals surface area contributed by atoms with Gasteiger partial charge in [0, 0.05) is 5.56 Å². The monoisotopic (exact) mass is 386 g/mol. The Bertz CT molecular complexity index is 1010. The van der Waals surface area contributed by atoms with E-state index in [2.05, 4.69) is 9.88 Å². The van der Waals surface area contributed by atoms with Gasteiger partial charge in [-0.3, -0.25) is 4.72 Å². The number of halogens is 2. The van der Waals surface area contributed by atoms with Crippen LogP contribution in [0.3, 0.4) is 0 Å². The minimum Gasteiger partial charge on any atom is -0.355 e. The first kappa shape index (κ1) is 16.9. The minimum atomic E-state index is -3.84. The molecule has 2 heterocycles. The zero-order chi connectivity index (χ0) is 17.5. The lowest BCUT2D eigenvalue weighted by atomic mass is 10.2. The van der Waals surface area contributed by atoms with E-state index in [1.807, 2.05) is 13.8 Å². The first-order valence-electron chi connectivity index (χ1n) is 6.79. The molecule has 24 heavy (non-hydrogen) atoms. The Kier molecular flexibility index (Phi) is 4.37. The SMILES string of the molecule is Cc1noc(-c2ccc(S(=O)(=O)Nc3ccc(F)cc3Cl)s2)c1C. The molecule has 9 heteroatoms. The maximum Gasteiger partial charge on any atom is 0.271 e. The van der Waals surface area contributed by atoms with Crippen molar-refractivity contribution in [1.29, 1.82) is 0 Å². The second-order valence-corrected chi connectivity index (χ2v) is 8.47. The molecule has 1 aromatic carbocycles. The van der Waals surface area contributed by atoms with Gasteiger partial charge in [0.05, 0.1) is 21.3 Å². The normalized spacial score (nSPS) is 11.7. The van der Waals surface area contributed by atoms with Crippen LogP contribution in [0.4, 0.5) is 10.1 Å². The van der Waals surface area contributed by atoms with Crippen molar-refractivity contribution < 1.29 is 17.3 Å². The molecule has 0 aliphatic rings. The molecule has 0 fully saturated rings. The van der Waals surface area contributed by atoms with Crippen LogP contribution in [0.15, 0.2) is 39.1 Å². The van der Waals surface area contributed by atoms with E-state index in [0.717, 1.165) is 34.7 Å². The standard InChI is InChI=1S/C15H12ClFN2O3S2/c1-8-9(2)18-22-15(8)13-5-6-14(23-13)24(20,21)19-12-4-3-10(17)7-11(12)16/h3-7,19H,1-2H3. The summed E-state index contributed by atoms with van der Waals surface area (Å²) in [6, 6.07) is 6.56. The van der Waals surface area contributed by atoms with Crippen molar-refractivity contribution in [2.75, 3.05) is 4.72 Å². The minimum absolute atomic E-state index is 0.0166. The van der Waals surface area contributed by atoms with Crippen LogP contribution in [0.5, 0.6) is 0 Å². The van der Waals surface area contributed by atoms with E-state index >= 15 is 0 Å². The van der Waals surface area contributed by atoms with Crippen molar-refractivity contribution in [3.05, 3.63) is 52.4 Å². The molecule has 0 amide bonds. The third-order valence-corrected chi connectivity index (χ3v) is 6.66. The predicted molar refractivity (Wildman–Crippen MR) is 91.5 cm³/mol. The summed E-state index contributed by atoms with van der Waals surface area (Å²) >= 11 is 6.91. The number of hydrogen-bond donors (Lipinski definition) is 1. The highest BCUT2D eigenvalue weighted by Gasteiger charge is 2.21. The van der Waals surface area contributed by atoms with Crippen LogP contribution in [0.25, 0.3) is 10.6 Å². The van der Waals surface area contributed by atoms with Crippen LogP contribution in [0.1, 0.15) is 11.3 Å². The number of aromatic nitrogens is 1. The van der Waals surface area contributed by atoms with Gasteiger partial charge in [-0.2, -0.15) is 0 Å². The van der Waals surface area contributed by atoms with Crippen LogP contribution in [-0.2, 0) is 10.0 Å². The molecule has 0 bridgehead atoms. The van der Waals surface area contributed by atoms with Gasteiger partial charge in [-0.25, -0.2) is 12.8 Å². The molecule has 0 radical (unpaired) electrons. The van der Waals surface area contributed by atoms with Crippen molar-refractivity contribution in [3.63, 3.8) is 0 Å². The molecule has 0 aliphatic heterocycles. The summed E-state index contributed by atoms with van der Waals surface area (Å²) < 4.78 is 45.7. The van der Waals surface area contributed by atoms with Gasteiger partial charge >= 0.3 is 0 Å². The smallest absolute Gasteiger partial charge is 0.271 e. The largest absolute Gasteiger partial charge is 0.355 e. The average molecular weight is 387 g/mol. The lowest BCUT2D eigenvalue weighted by Gasteiger charge is -2.07. The van der Waals surface area contributed by atoms with Crippen LogP contribution >= 0.6 is 22.9 Å². The van der Waals surface area contributed by atoms with E-state index in [-0.39, 0.29) is 14.9 Å². The number of anilines is 1. The van der Waals surface area contributed by atoms with Gasteiger partial charge in [-0.15, -0.1) is 11.3 Å². The van der Waals surface area contributed by atoms with E-state index in [4.69, 9.17) is 16.1 Å². The van der Waals surface area contributed by atoms with Crippen molar-refractivity contribution >= 4 is 38.6 Å². The Morgan fingerprint density at radius 2 is 2.00 bits per heavy atom. The molecule has 1 N–H and O–H groups in total. The average Bonchev–Trinajstić information content (AvgIpc) is 3.11. The molecular formula is C15H12ClFN2O3S2. The number of nitrogens with one attached hydrogen (secondary N) is 1. The molecule has 0 aliphatic carbocycles. The molecule has 0 saturated heterocycles. The number of hydrogen-bond acceptors (Lipinski definition) is 5. The highest BCUT2D eigenvalue weighted by Crippen LogP contribution is 2.35. The zero-order valence-corrected chi connectivity index (χ0v) is 15.0. The highest BCUT2D eigenvalue weighted by atomic mass is 35.5. The molecule has 2 aromatic heterocycles. The number of sulfonamides is 1. The topological polar surface area (TPSA) is 72.2 Å². The van der Waals surface area contributed by atoms with Crippen LogP contribution in [-0.4, -0.2) is 13.6 Å². The molecule has 0 atom stereocenters. The Labute approximate surface area is 147 Å². The van der Waals surface area contributed by atoms with Crippen LogP contribution in [0, 0.1) is 19.7 Å². The van der Waals surface area contributed by atoms with Gasteiger partial charge in [-0.1, -0.05) is 16.8 Å². The number of rotatable bonds is 4. The van der Waals surface area contributed by atoms with Crippen LogP contribution in [0.2, 0.25) is 5.02 Å². The van der Waals surface area contributed by atoms with Gasteiger partial charge in [0.15, 0.2) is 5.76 Å². The molecule has 126 valence electrons. The summed E-state index contributed by atoms with van der Waals surface area (Å²) in [5.41, 5.74) is 1.72. The van der Waals surface area contributed by atoms with Crippen molar-refractivity contribution in [2.45, 2.75) is 18.1 Å². The van der Waals surface area contributed by atoms with Gasteiger partial charge in [-0.05, 0) is 44.2 Å². The van der Waals surface area contributed by atoms with Crippen molar-refractivity contribution in [3.8, 4) is 10.6 Å². The fraction of sp³-hybridized carbons (Fsp3) is 0.133. The van der Waals surface area contributed by atoms with Gasteiger partial charge in [0.25, 0.3) is 10.0 Å². The molecule has 3 aromatic rings. The van der Waals surface area contributed by atoms with Crippen LogP contribution < -0.4 is 4.72 Å². The first-order chi connectivity index (χ1) is 11.3. The lowest BCUT2D eigenvalue weighted by Crippen LogP contribution is -2.11. The predicted octanol–water partition coefficient (Wildman–Crippen LogP) is 4.61. The second kappa shape index (κ2) is 6.19. The van der Waals surface area contributed by atoms with Gasteiger partial charge in [0.1, 0.15) is 10.0 Å². The Morgan fingerprint density at radius 1 is 1.25 bits per heavy atom. The number of thiophene rings is 1. The summed E-state index contributed by atoms with van der Waals surface area (Å²) in [6.45, 7) is 3.66. The van der Waals surface area contributed by atoms with Crippen molar-refractivity contribution in [1.82, 2.24) is 5.16 Å². The van der Waals surface area contributed by atoms with Gasteiger partial charge in [0.2, 0.25) is 0 Å². The third kappa shape index (κ3) is 3.17. The van der Waals surface area contributed by atoms with E-state index < -0.39 is 15.8 Å². The maximum atomic E-state index is 13.1. The summed E-state index contributed by atoms with van der Waals surface area (Å²) in [5.74, 6) is -0.00344. The molecule has 3 rings (SSSR count). The Morgan fingerprint density at radius 3 is 2.62 bits per heavy atom. The van der Waals surface area contributed by atoms with Crippen molar-refractivity contribution in [2.24, 2.45) is 0 Å². The summed E-state index contributed by atoms with van der Waals surface area (Å²) in [5, 5.41) is 3.85. The molecular weight excluding hydrogens is 375 g/mol. The Hall–Kier alpha value is -1.90.